The normalized spacial score (nSPS) is 10.5. The van der Waals surface area contributed by atoms with Gasteiger partial charge in [0.2, 0.25) is 5.88 Å². The minimum absolute atomic E-state index is 0.382. The molecule has 0 spiro atoms. The average Bonchev–Trinajstić information content (AvgIpc) is 2.41. The van der Waals surface area contributed by atoms with Gasteiger partial charge in [-0.1, -0.05) is 41.4 Å². The third kappa shape index (κ3) is 3.83. The number of pyridine rings is 1. The molecule has 2 rings (SSSR count). The number of halogens is 2. The predicted molar refractivity (Wildman–Crippen MR) is 77.8 cm³/mol. The molecule has 0 aliphatic heterocycles. The molecule has 1 aromatic carbocycles. The van der Waals surface area contributed by atoms with Crippen LogP contribution in [0.25, 0.3) is 0 Å². The topological polar surface area (TPSA) is 34.1 Å². The highest BCUT2D eigenvalue weighted by atomic mass is 35.5. The SMILES string of the molecule is CNCc1cc(OCc2ccccc2Cl)ncc1Cl. The summed E-state index contributed by atoms with van der Waals surface area (Å²) in [6.07, 6.45) is 1.59. The molecule has 19 heavy (non-hydrogen) atoms. The van der Waals surface area contributed by atoms with Crippen LogP contribution in [0.1, 0.15) is 11.1 Å². The van der Waals surface area contributed by atoms with Gasteiger partial charge in [0.1, 0.15) is 6.61 Å². The Kier molecular flexibility index (Phi) is 5.02. The van der Waals surface area contributed by atoms with Gasteiger partial charge in [0.05, 0.1) is 5.02 Å². The van der Waals surface area contributed by atoms with Crippen molar-refractivity contribution >= 4 is 23.2 Å². The van der Waals surface area contributed by atoms with Crippen LogP contribution in [0.4, 0.5) is 0 Å². The first-order valence-electron chi connectivity index (χ1n) is 5.86. The summed E-state index contributed by atoms with van der Waals surface area (Å²) in [7, 11) is 1.86. The van der Waals surface area contributed by atoms with Crippen LogP contribution in [0.5, 0.6) is 5.88 Å². The Morgan fingerprint density at radius 3 is 2.68 bits per heavy atom. The molecule has 0 fully saturated rings. The van der Waals surface area contributed by atoms with Crippen LogP contribution in [0.3, 0.4) is 0 Å². The molecule has 0 saturated heterocycles. The standard InChI is InChI=1S/C14H14Cl2N2O/c1-17-7-11-6-14(18-8-13(11)16)19-9-10-4-2-3-5-12(10)15/h2-6,8,17H,7,9H2,1H3. The van der Waals surface area contributed by atoms with Crippen LogP contribution in [0.15, 0.2) is 36.5 Å². The lowest BCUT2D eigenvalue weighted by Crippen LogP contribution is -2.06. The molecule has 5 heteroatoms. The highest BCUT2D eigenvalue weighted by Crippen LogP contribution is 2.21. The number of benzene rings is 1. The highest BCUT2D eigenvalue weighted by Gasteiger charge is 2.05. The van der Waals surface area contributed by atoms with E-state index in [4.69, 9.17) is 27.9 Å². The number of hydrogen-bond acceptors (Lipinski definition) is 3. The largest absolute Gasteiger partial charge is 0.473 e. The van der Waals surface area contributed by atoms with Crippen LogP contribution in [0.2, 0.25) is 10.0 Å². The zero-order valence-electron chi connectivity index (χ0n) is 10.5. The Balaban J connectivity index is 2.07. The summed E-state index contributed by atoms with van der Waals surface area (Å²) < 4.78 is 5.63. The van der Waals surface area contributed by atoms with Crippen molar-refractivity contribution in [2.75, 3.05) is 7.05 Å². The van der Waals surface area contributed by atoms with Crippen molar-refractivity contribution in [2.24, 2.45) is 0 Å². The lowest BCUT2D eigenvalue weighted by Gasteiger charge is -2.09. The smallest absolute Gasteiger partial charge is 0.213 e. The van der Waals surface area contributed by atoms with E-state index in [2.05, 4.69) is 10.3 Å². The highest BCUT2D eigenvalue weighted by molar-refractivity contribution is 6.31. The zero-order valence-corrected chi connectivity index (χ0v) is 12.0. The van der Waals surface area contributed by atoms with E-state index in [1.54, 1.807) is 6.20 Å². The first kappa shape index (κ1) is 14.1. The number of nitrogens with zero attached hydrogens (tertiary/aromatic N) is 1. The number of rotatable bonds is 5. The molecule has 0 atom stereocenters. The second kappa shape index (κ2) is 6.75. The van der Waals surface area contributed by atoms with Crippen LogP contribution < -0.4 is 10.1 Å². The maximum Gasteiger partial charge on any atom is 0.213 e. The van der Waals surface area contributed by atoms with Crippen LogP contribution in [-0.4, -0.2) is 12.0 Å². The molecule has 0 saturated carbocycles. The van der Waals surface area contributed by atoms with Crippen molar-refractivity contribution in [3.63, 3.8) is 0 Å². The van der Waals surface area contributed by atoms with E-state index < -0.39 is 0 Å². The minimum atomic E-state index is 0.382. The van der Waals surface area contributed by atoms with E-state index in [0.717, 1.165) is 11.1 Å². The molecular weight excluding hydrogens is 283 g/mol. The zero-order chi connectivity index (χ0) is 13.7. The molecule has 0 amide bonds. The van der Waals surface area contributed by atoms with Gasteiger partial charge in [0, 0.05) is 29.4 Å². The Hall–Kier alpha value is -1.29. The van der Waals surface area contributed by atoms with E-state index in [9.17, 15) is 0 Å². The number of aromatic nitrogens is 1. The summed E-state index contributed by atoms with van der Waals surface area (Å²) in [5.74, 6) is 0.537. The first-order chi connectivity index (χ1) is 9.20. The number of hydrogen-bond donors (Lipinski definition) is 1. The second-order valence-corrected chi connectivity index (χ2v) is 4.84. The lowest BCUT2D eigenvalue weighted by atomic mass is 10.2. The van der Waals surface area contributed by atoms with Crippen molar-refractivity contribution in [1.82, 2.24) is 10.3 Å². The van der Waals surface area contributed by atoms with Crippen molar-refractivity contribution in [3.8, 4) is 5.88 Å². The molecule has 0 radical (unpaired) electrons. The molecule has 3 nitrogen and oxygen atoms in total. The van der Waals surface area contributed by atoms with Crippen molar-refractivity contribution in [3.05, 3.63) is 57.7 Å². The van der Waals surface area contributed by atoms with Crippen LogP contribution >= 0.6 is 23.2 Å². The summed E-state index contributed by atoms with van der Waals surface area (Å²) >= 11 is 12.1. The Morgan fingerprint density at radius 2 is 1.95 bits per heavy atom. The fraction of sp³-hybridized carbons (Fsp3) is 0.214. The summed E-state index contributed by atoms with van der Waals surface area (Å²) in [6.45, 7) is 1.05. The predicted octanol–water partition coefficient (Wildman–Crippen LogP) is 3.69. The molecule has 0 aliphatic rings. The molecule has 0 bridgehead atoms. The summed E-state index contributed by atoms with van der Waals surface area (Å²) in [5.41, 5.74) is 1.88. The summed E-state index contributed by atoms with van der Waals surface area (Å²) in [6, 6.07) is 9.40. The van der Waals surface area contributed by atoms with E-state index in [0.29, 0.717) is 29.1 Å². The van der Waals surface area contributed by atoms with E-state index in [1.165, 1.54) is 0 Å². The molecule has 1 heterocycles. The minimum Gasteiger partial charge on any atom is -0.473 e. The van der Waals surface area contributed by atoms with Crippen LogP contribution in [0, 0.1) is 0 Å². The maximum absolute atomic E-state index is 6.07. The van der Waals surface area contributed by atoms with Gasteiger partial charge in [-0.25, -0.2) is 4.98 Å². The third-order valence-electron chi connectivity index (χ3n) is 2.61. The molecule has 2 aromatic rings. The van der Waals surface area contributed by atoms with Crippen molar-refractivity contribution in [2.45, 2.75) is 13.2 Å². The molecule has 1 aromatic heterocycles. The maximum atomic E-state index is 6.07. The van der Waals surface area contributed by atoms with E-state index >= 15 is 0 Å². The summed E-state index contributed by atoms with van der Waals surface area (Å²) in [5, 5.41) is 4.36. The van der Waals surface area contributed by atoms with Gasteiger partial charge in [-0.05, 0) is 18.7 Å². The van der Waals surface area contributed by atoms with Gasteiger partial charge in [-0.3, -0.25) is 0 Å². The van der Waals surface area contributed by atoms with Gasteiger partial charge in [0.15, 0.2) is 0 Å². The Morgan fingerprint density at radius 1 is 1.16 bits per heavy atom. The average molecular weight is 297 g/mol. The molecule has 0 aliphatic carbocycles. The van der Waals surface area contributed by atoms with Gasteiger partial charge in [0.25, 0.3) is 0 Å². The van der Waals surface area contributed by atoms with Gasteiger partial charge < -0.3 is 10.1 Å². The van der Waals surface area contributed by atoms with Gasteiger partial charge in [-0.15, -0.1) is 0 Å². The second-order valence-electron chi connectivity index (χ2n) is 4.02. The lowest BCUT2D eigenvalue weighted by molar-refractivity contribution is 0.293. The quantitative estimate of drug-likeness (QED) is 0.914. The molecule has 1 N–H and O–H groups in total. The monoisotopic (exact) mass is 296 g/mol. The molecule has 100 valence electrons. The fourth-order valence-electron chi connectivity index (χ4n) is 1.63. The van der Waals surface area contributed by atoms with Gasteiger partial charge >= 0.3 is 0 Å². The Bertz CT molecular complexity index is 561. The van der Waals surface area contributed by atoms with Crippen LogP contribution in [-0.2, 0) is 13.2 Å². The number of nitrogens with one attached hydrogen (secondary N) is 1. The fourth-order valence-corrected chi connectivity index (χ4v) is 1.99. The van der Waals surface area contributed by atoms with Crippen molar-refractivity contribution < 1.29 is 4.74 Å². The number of ether oxygens (including phenoxy) is 1. The Labute approximate surface area is 122 Å². The molecule has 0 unspecified atom stereocenters. The van der Waals surface area contributed by atoms with Crippen molar-refractivity contribution in [1.29, 1.82) is 0 Å². The van der Waals surface area contributed by atoms with E-state index in [-0.39, 0.29) is 0 Å². The summed E-state index contributed by atoms with van der Waals surface area (Å²) in [4.78, 5) is 4.14. The van der Waals surface area contributed by atoms with Gasteiger partial charge in [-0.2, -0.15) is 0 Å². The molecular formula is C14H14Cl2N2O. The van der Waals surface area contributed by atoms with E-state index in [1.807, 2.05) is 37.4 Å². The first-order valence-corrected chi connectivity index (χ1v) is 6.61. The third-order valence-corrected chi connectivity index (χ3v) is 3.32.